The van der Waals surface area contributed by atoms with Gasteiger partial charge in [0.25, 0.3) is 0 Å². The van der Waals surface area contributed by atoms with Crippen molar-refractivity contribution in [3.63, 3.8) is 0 Å². The number of hydrogen-bond acceptors (Lipinski definition) is 2. The summed E-state index contributed by atoms with van der Waals surface area (Å²) < 4.78 is 0. The van der Waals surface area contributed by atoms with Crippen LogP contribution in [0.25, 0.3) is 0 Å². The minimum Gasteiger partial charge on any atom is -0.311 e. The highest BCUT2D eigenvalue weighted by molar-refractivity contribution is 5.58. The number of carbonyl (C=O) groups is 1. The minimum atomic E-state index is -0.0626. The molecule has 0 aliphatic heterocycles. The third-order valence-corrected chi connectivity index (χ3v) is 1.83. The van der Waals surface area contributed by atoms with Crippen LogP contribution in [0.15, 0.2) is 30.3 Å². The Kier molecular flexibility index (Phi) is 7.75. The highest BCUT2D eigenvalue weighted by atomic mass is 16.1. The highest BCUT2D eigenvalue weighted by Gasteiger charge is 2.03. The molecule has 2 nitrogen and oxygen atoms in total. The summed E-state index contributed by atoms with van der Waals surface area (Å²) in [6.07, 6.45) is 1.70. The maximum Gasteiger partial charge on any atom is 0.137 e. The summed E-state index contributed by atoms with van der Waals surface area (Å²) in [6.45, 7) is 4.00. The van der Waals surface area contributed by atoms with Gasteiger partial charge in [-0.15, -0.1) is 0 Å². The fourth-order valence-electron chi connectivity index (χ4n) is 1.09. The molecular weight excluding hydrogens is 174 g/mol. The predicted octanol–water partition coefficient (Wildman–Crippen LogP) is 2.04. The lowest BCUT2D eigenvalue weighted by molar-refractivity contribution is -0.109. The first-order valence-corrected chi connectivity index (χ1v) is 5.03. The van der Waals surface area contributed by atoms with Gasteiger partial charge in [0.1, 0.15) is 6.29 Å². The number of rotatable bonds is 4. The van der Waals surface area contributed by atoms with E-state index in [1.807, 2.05) is 44.2 Å². The van der Waals surface area contributed by atoms with Crippen molar-refractivity contribution in [2.75, 3.05) is 7.05 Å². The Balaban J connectivity index is 0.000000791. The topological polar surface area (TPSA) is 29.1 Å². The summed E-state index contributed by atoms with van der Waals surface area (Å²) in [6, 6.07) is 9.91. The standard InChI is InChI=1S/C10H13NO.C2H6/c1-11-10(8-12)7-9-5-3-2-4-6-9;1-2/h2-6,8,10-11H,7H2,1H3;1-2H3/t10-;/m0./s1. The Labute approximate surface area is 86.3 Å². The van der Waals surface area contributed by atoms with Gasteiger partial charge >= 0.3 is 0 Å². The number of likely N-dealkylation sites (N-methyl/N-ethyl adjacent to an activating group) is 1. The smallest absolute Gasteiger partial charge is 0.137 e. The van der Waals surface area contributed by atoms with E-state index < -0.39 is 0 Å². The lowest BCUT2D eigenvalue weighted by Gasteiger charge is -2.07. The van der Waals surface area contributed by atoms with Gasteiger partial charge in [0.15, 0.2) is 0 Å². The first-order valence-electron chi connectivity index (χ1n) is 5.03. The molecule has 14 heavy (non-hydrogen) atoms. The quantitative estimate of drug-likeness (QED) is 0.741. The van der Waals surface area contributed by atoms with Gasteiger partial charge in [0, 0.05) is 0 Å². The molecule has 0 fully saturated rings. The number of nitrogens with one attached hydrogen (secondary N) is 1. The molecule has 1 N–H and O–H groups in total. The molecule has 0 radical (unpaired) electrons. The van der Waals surface area contributed by atoms with Gasteiger partial charge in [0.05, 0.1) is 6.04 Å². The molecular formula is C12H19NO. The van der Waals surface area contributed by atoms with Crippen LogP contribution in [0.2, 0.25) is 0 Å². The van der Waals surface area contributed by atoms with Gasteiger partial charge in [-0.3, -0.25) is 0 Å². The molecule has 0 aromatic heterocycles. The maximum absolute atomic E-state index is 10.5. The Morgan fingerprint density at radius 3 is 2.29 bits per heavy atom. The van der Waals surface area contributed by atoms with Crippen molar-refractivity contribution in [1.82, 2.24) is 5.32 Å². The van der Waals surface area contributed by atoms with Crippen LogP contribution in [0, 0.1) is 0 Å². The SMILES string of the molecule is CC.CN[C@H](C=O)Cc1ccccc1. The van der Waals surface area contributed by atoms with E-state index in [9.17, 15) is 4.79 Å². The molecule has 1 aromatic carbocycles. The van der Waals surface area contributed by atoms with E-state index in [4.69, 9.17) is 0 Å². The van der Waals surface area contributed by atoms with Crippen molar-refractivity contribution in [3.8, 4) is 0 Å². The first kappa shape index (κ1) is 12.8. The molecule has 2 heteroatoms. The fraction of sp³-hybridized carbons (Fsp3) is 0.417. The normalized spacial score (nSPS) is 11.1. The largest absolute Gasteiger partial charge is 0.311 e. The molecule has 0 bridgehead atoms. The average molecular weight is 193 g/mol. The molecule has 0 saturated carbocycles. The Hall–Kier alpha value is -1.15. The number of aldehydes is 1. The zero-order chi connectivity index (χ0) is 10.8. The van der Waals surface area contributed by atoms with Gasteiger partial charge in [-0.25, -0.2) is 0 Å². The fourth-order valence-corrected chi connectivity index (χ4v) is 1.09. The van der Waals surface area contributed by atoms with Crippen molar-refractivity contribution in [1.29, 1.82) is 0 Å². The van der Waals surface area contributed by atoms with Crippen molar-refractivity contribution < 1.29 is 4.79 Å². The van der Waals surface area contributed by atoms with Gasteiger partial charge in [-0.05, 0) is 19.0 Å². The van der Waals surface area contributed by atoms with Gasteiger partial charge in [-0.1, -0.05) is 44.2 Å². The van der Waals surface area contributed by atoms with Gasteiger partial charge in [-0.2, -0.15) is 0 Å². The van der Waals surface area contributed by atoms with Crippen LogP contribution in [-0.4, -0.2) is 19.4 Å². The Morgan fingerprint density at radius 1 is 1.29 bits per heavy atom. The minimum absolute atomic E-state index is 0.0626. The third-order valence-electron chi connectivity index (χ3n) is 1.83. The van der Waals surface area contributed by atoms with E-state index in [0.29, 0.717) is 0 Å². The van der Waals surface area contributed by atoms with E-state index in [1.165, 1.54) is 5.56 Å². The van der Waals surface area contributed by atoms with Crippen LogP contribution >= 0.6 is 0 Å². The molecule has 1 rings (SSSR count). The van der Waals surface area contributed by atoms with E-state index in [2.05, 4.69) is 5.32 Å². The maximum atomic E-state index is 10.5. The molecule has 0 spiro atoms. The lowest BCUT2D eigenvalue weighted by Crippen LogP contribution is -2.28. The van der Waals surface area contributed by atoms with E-state index in [1.54, 1.807) is 7.05 Å². The predicted molar refractivity (Wildman–Crippen MR) is 60.4 cm³/mol. The number of carbonyl (C=O) groups excluding carboxylic acids is 1. The molecule has 0 saturated heterocycles. The number of benzene rings is 1. The molecule has 1 atom stereocenters. The van der Waals surface area contributed by atoms with Crippen molar-refractivity contribution >= 4 is 6.29 Å². The summed E-state index contributed by atoms with van der Waals surface area (Å²) >= 11 is 0. The van der Waals surface area contributed by atoms with Crippen molar-refractivity contribution in [2.45, 2.75) is 26.3 Å². The second kappa shape index (κ2) is 8.45. The summed E-state index contributed by atoms with van der Waals surface area (Å²) in [7, 11) is 1.79. The molecule has 0 aliphatic rings. The molecule has 0 heterocycles. The summed E-state index contributed by atoms with van der Waals surface area (Å²) in [5.74, 6) is 0. The molecule has 0 aliphatic carbocycles. The average Bonchev–Trinajstić information content (AvgIpc) is 2.30. The molecule has 78 valence electrons. The van der Waals surface area contributed by atoms with Crippen molar-refractivity contribution in [3.05, 3.63) is 35.9 Å². The third kappa shape index (κ3) is 4.77. The lowest BCUT2D eigenvalue weighted by atomic mass is 10.1. The van der Waals surface area contributed by atoms with Crippen LogP contribution in [0.1, 0.15) is 19.4 Å². The molecule has 0 unspecified atom stereocenters. The zero-order valence-corrected chi connectivity index (χ0v) is 9.16. The van der Waals surface area contributed by atoms with Crippen molar-refractivity contribution in [2.24, 2.45) is 0 Å². The van der Waals surface area contributed by atoms with Crippen LogP contribution in [0.3, 0.4) is 0 Å². The van der Waals surface area contributed by atoms with E-state index in [0.717, 1.165) is 12.7 Å². The van der Waals surface area contributed by atoms with Crippen LogP contribution in [0.4, 0.5) is 0 Å². The second-order valence-corrected chi connectivity index (χ2v) is 2.72. The molecule has 1 aromatic rings. The van der Waals surface area contributed by atoms with E-state index in [-0.39, 0.29) is 6.04 Å². The second-order valence-electron chi connectivity index (χ2n) is 2.72. The highest BCUT2D eigenvalue weighted by Crippen LogP contribution is 2.01. The summed E-state index contributed by atoms with van der Waals surface area (Å²) in [4.78, 5) is 10.5. The van der Waals surface area contributed by atoms with Crippen LogP contribution < -0.4 is 5.32 Å². The van der Waals surface area contributed by atoms with Gasteiger partial charge < -0.3 is 10.1 Å². The summed E-state index contributed by atoms with van der Waals surface area (Å²) in [5, 5.41) is 2.93. The van der Waals surface area contributed by atoms with Crippen LogP contribution in [0.5, 0.6) is 0 Å². The monoisotopic (exact) mass is 193 g/mol. The van der Waals surface area contributed by atoms with E-state index >= 15 is 0 Å². The molecule has 0 amide bonds. The summed E-state index contributed by atoms with van der Waals surface area (Å²) in [5.41, 5.74) is 1.18. The van der Waals surface area contributed by atoms with Crippen LogP contribution in [-0.2, 0) is 11.2 Å². The Bertz CT molecular complexity index is 233. The van der Waals surface area contributed by atoms with Gasteiger partial charge in [0.2, 0.25) is 0 Å². The zero-order valence-electron chi connectivity index (χ0n) is 9.16. The number of hydrogen-bond donors (Lipinski definition) is 1. The first-order chi connectivity index (χ1) is 6.86. The Morgan fingerprint density at radius 2 is 1.86 bits per heavy atom.